The number of sulfonamides is 1. The lowest BCUT2D eigenvalue weighted by Crippen LogP contribution is -2.11. The molecule has 0 aromatic heterocycles. The van der Waals surface area contributed by atoms with Gasteiger partial charge in [-0.3, -0.25) is 0 Å². The highest BCUT2D eigenvalue weighted by Gasteiger charge is 2.43. The summed E-state index contributed by atoms with van der Waals surface area (Å²) in [6.07, 6.45) is 6.71. The van der Waals surface area contributed by atoms with Gasteiger partial charge in [0.25, 0.3) is 0 Å². The lowest BCUT2D eigenvalue weighted by atomic mass is 9.94. The third-order valence-electron chi connectivity index (χ3n) is 4.94. The molecule has 0 radical (unpaired) electrons. The Balaban J connectivity index is 1.78. The van der Waals surface area contributed by atoms with Gasteiger partial charge in [-0.1, -0.05) is 30.4 Å². The van der Waals surface area contributed by atoms with Crippen molar-refractivity contribution in [2.75, 3.05) is 0 Å². The van der Waals surface area contributed by atoms with Gasteiger partial charge in [0.05, 0.1) is 4.90 Å². The second-order valence-electron chi connectivity index (χ2n) is 6.88. The quantitative estimate of drug-likeness (QED) is 0.903. The molecular weight excluding hydrogens is 337 g/mol. The van der Waals surface area contributed by atoms with Gasteiger partial charge in [-0.2, -0.15) is 0 Å². The molecule has 2 aliphatic carbocycles. The van der Waals surface area contributed by atoms with Gasteiger partial charge < -0.3 is 0 Å². The Morgan fingerprint density at radius 2 is 1.52 bits per heavy atom. The number of aryl methyl sites for hydroxylation is 1. The van der Waals surface area contributed by atoms with E-state index in [0.29, 0.717) is 5.56 Å². The van der Waals surface area contributed by atoms with Crippen LogP contribution in [0.4, 0.5) is 4.39 Å². The van der Waals surface area contributed by atoms with E-state index in [1.165, 1.54) is 18.2 Å². The number of benzene rings is 2. The topological polar surface area (TPSA) is 60.2 Å². The minimum atomic E-state index is -3.71. The van der Waals surface area contributed by atoms with Crippen LogP contribution in [0, 0.1) is 18.2 Å². The first kappa shape index (κ1) is 16.2. The molecule has 1 spiro atoms. The number of allylic oxidation sites excluding steroid dienone is 4. The molecule has 25 heavy (non-hydrogen) atoms. The summed E-state index contributed by atoms with van der Waals surface area (Å²) in [5, 5.41) is 5.17. The van der Waals surface area contributed by atoms with Crippen LogP contribution in [0.5, 0.6) is 0 Å². The molecule has 0 heterocycles. The summed E-state index contributed by atoms with van der Waals surface area (Å²) < 4.78 is 36.5. The molecule has 128 valence electrons. The first-order chi connectivity index (χ1) is 11.8. The summed E-state index contributed by atoms with van der Waals surface area (Å²) in [5.74, 6) is -0.216. The SMILES string of the molecule is Cc1cc(C2=CC3(C=C2c2ccc(S(N)(=O)=O)cc2)CC3)ccc1F. The average molecular weight is 355 g/mol. The predicted octanol–water partition coefficient (Wildman–Crippen LogP) is 4.04. The third kappa shape index (κ3) is 2.94. The third-order valence-corrected chi connectivity index (χ3v) is 5.87. The number of rotatable bonds is 3. The van der Waals surface area contributed by atoms with Crippen molar-refractivity contribution >= 4 is 21.2 Å². The lowest BCUT2D eigenvalue weighted by Gasteiger charge is -2.11. The van der Waals surface area contributed by atoms with Crippen LogP contribution in [0.2, 0.25) is 0 Å². The van der Waals surface area contributed by atoms with Crippen molar-refractivity contribution in [3.63, 3.8) is 0 Å². The van der Waals surface area contributed by atoms with Crippen molar-refractivity contribution in [2.45, 2.75) is 24.7 Å². The van der Waals surface area contributed by atoms with Gasteiger partial charge in [0.15, 0.2) is 0 Å². The van der Waals surface area contributed by atoms with E-state index in [-0.39, 0.29) is 16.1 Å². The summed E-state index contributed by atoms with van der Waals surface area (Å²) in [6.45, 7) is 1.76. The van der Waals surface area contributed by atoms with Gasteiger partial charge in [-0.05, 0) is 71.9 Å². The minimum absolute atomic E-state index is 0.0964. The Morgan fingerprint density at radius 3 is 2.04 bits per heavy atom. The van der Waals surface area contributed by atoms with Crippen LogP contribution in [-0.2, 0) is 10.0 Å². The summed E-state index contributed by atoms with van der Waals surface area (Å²) in [4.78, 5) is 0.0964. The molecule has 0 bridgehead atoms. The highest BCUT2D eigenvalue weighted by Crippen LogP contribution is 2.57. The standard InChI is InChI=1S/C20H18FNO2S/c1-13-10-15(4-7-19(13)21)18-12-20(8-9-20)11-17(18)14-2-5-16(6-3-14)25(22,23)24/h2-7,10-12H,8-9H2,1H3,(H2,22,23,24). The van der Waals surface area contributed by atoms with E-state index in [1.807, 2.05) is 6.07 Å². The van der Waals surface area contributed by atoms with Crippen molar-refractivity contribution in [3.05, 3.63) is 77.1 Å². The van der Waals surface area contributed by atoms with Crippen LogP contribution in [-0.4, -0.2) is 8.42 Å². The number of halogens is 1. The largest absolute Gasteiger partial charge is 0.238 e. The molecule has 0 amide bonds. The first-order valence-electron chi connectivity index (χ1n) is 8.13. The molecule has 0 saturated heterocycles. The highest BCUT2D eigenvalue weighted by molar-refractivity contribution is 7.89. The van der Waals surface area contributed by atoms with Gasteiger partial charge in [0, 0.05) is 5.41 Å². The summed E-state index contributed by atoms with van der Waals surface area (Å²) >= 11 is 0. The fourth-order valence-corrected chi connectivity index (χ4v) is 3.83. The van der Waals surface area contributed by atoms with Crippen molar-refractivity contribution in [1.82, 2.24) is 0 Å². The maximum Gasteiger partial charge on any atom is 0.238 e. The molecule has 0 aliphatic heterocycles. The number of hydrogen-bond acceptors (Lipinski definition) is 2. The molecule has 3 nitrogen and oxygen atoms in total. The Bertz CT molecular complexity index is 1030. The molecular formula is C20H18FNO2S. The maximum atomic E-state index is 13.6. The lowest BCUT2D eigenvalue weighted by molar-refractivity contribution is 0.598. The van der Waals surface area contributed by atoms with Gasteiger partial charge >= 0.3 is 0 Å². The van der Waals surface area contributed by atoms with Crippen LogP contribution >= 0.6 is 0 Å². The van der Waals surface area contributed by atoms with Crippen molar-refractivity contribution in [3.8, 4) is 0 Å². The first-order valence-corrected chi connectivity index (χ1v) is 9.68. The molecule has 5 heteroatoms. The molecule has 2 aliphatic rings. The number of nitrogens with two attached hydrogens (primary N) is 1. The molecule has 0 unspecified atom stereocenters. The van der Waals surface area contributed by atoms with Crippen molar-refractivity contribution in [1.29, 1.82) is 0 Å². The van der Waals surface area contributed by atoms with Gasteiger partial charge in [0.1, 0.15) is 5.82 Å². The summed E-state index contributed by atoms with van der Waals surface area (Å²) in [7, 11) is -3.71. The fraction of sp³-hybridized carbons (Fsp3) is 0.200. The van der Waals surface area contributed by atoms with E-state index in [1.54, 1.807) is 25.1 Å². The molecule has 0 atom stereocenters. The van der Waals surface area contributed by atoms with E-state index in [4.69, 9.17) is 5.14 Å². The van der Waals surface area contributed by atoms with Crippen molar-refractivity contribution < 1.29 is 12.8 Å². The smallest absolute Gasteiger partial charge is 0.225 e. The normalized spacial score (nSPS) is 18.2. The zero-order chi connectivity index (χ0) is 17.8. The zero-order valence-corrected chi connectivity index (χ0v) is 14.6. The van der Waals surface area contributed by atoms with Crippen molar-refractivity contribution in [2.24, 2.45) is 10.6 Å². The van der Waals surface area contributed by atoms with Gasteiger partial charge in [-0.25, -0.2) is 17.9 Å². The van der Waals surface area contributed by atoms with Crippen LogP contribution in [0.3, 0.4) is 0 Å². The molecule has 2 N–H and O–H groups in total. The van der Waals surface area contributed by atoms with Crippen LogP contribution in [0.25, 0.3) is 11.1 Å². The number of hydrogen-bond donors (Lipinski definition) is 1. The van der Waals surface area contributed by atoms with E-state index in [2.05, 4.69) is 12.2 Å². The fourth-order valence-electron chi connectivity index (χ4n) is 3.32. The molecule has 1 saturated carbocycles. The average Bonchev–Trinajstić information content (AvgIpc) is 3.20. The molecule has 2 aromatic carbocycles. The Kier molecular flexibility index (Phi) is 3.49. The van der Waals surface area contributed by atoms with E-state index < -0.39 is 10.0 Å². The predicted molar refractivity (Wildman–Crippen MR) is 96.6 cm³/mol. The number of primary sulfonamides is 1. The maximum absolute atomic E-state index is 13.6. The molecule has 1 fully saturated rings. The van der Waals surface area contributed by atoms with Crippen LogP contribution in [0.15, 0.2) is 59.5 Å². The van der Waals surface area contributed by atoms with Gasteiger partial charge in [0.2, 0.25) is 10.0 Å². The Labute approximate surface area is 146 Å². The molecule has 2 aromatic rings. The van der Waals surface area contributed by atoms with Crippen LogP contribution in [0.1, 0.15) is 29.5 Å². The van der Waals surface area contributed by atoms with E-state index >= 15 is 0 Å². The van der Waals surface area contributed by atoms with E-state index in [9.17, 15) is 12.8 Å². The summed E-state index contributed by atoms with van der Waals surface area (Å²) in [5.41, 5.74) is 4.76. The van der Waals surface area contributed by atoms with Crippen LogP contribution < -0.4 is 5.14 Å². The highest BCUT2D eigenvalue weighted by atomic mass is 32.2. The Hall–Kier alpha value is -2.24. The Morgan fingerprint density at radius 1 is 0.960 bits per heavy atom. The molecule has 4 rings (SSSR count). The van der Waals surface area contributed by atoms with Gasteiger partial charge in [-0.15, -0.1) is 0 Å². The second-order valence-corrected chi connectivity index (χ2v) is 8.44. The second kappa shape index (κ2) is 5.38. The van der Waals surface area contributed by atoms with E-state index in [0.717, 1.165) is 35.1 Å². The monoisotopic (exact) mass is 355 g/mol. The zero-order valence-electron chi connectivity index (χ0n) is 13.8. The summed E-state index contributed by atoms with van der Waals surface area (Å²) in [6, 6.07) is 11.7. The minimum Gasteiger partial charge on any atom is -0.225 e.